The molecule has 13 heteroatoms. The van der Waals surface area contributed by atoms with Crippen LogP contribution in [0.15, 0.2) is 6.33 Å². The summed E-state index contributed by atoms with van der Waals surface area (Å²) in [6, 6.07) is 0. The van der Waals surface area contributed by atoms with Crippen LogP contribution in [-0.4, -0.2) is 55.8 Å². The second-order valence-corrected chi connectivity index (χ2v) is 5.63. The van der Waals surface area contributed by atoms with Crippen LogP contribution in [0, 0.1) is 0 Å². The predicted molar refractivity (Wildman–Crippen MR) is 62.2 cm³/mol. The maximum atomic E-state index is 10.9. The molecule has 0 aromatic carbocycles. The van der Waals surface area contributed by atoms with Crippen molar-refractivity contribution in [3.63, 3.8) is 0 Å². The summed E-state index contributed by atoms with van der Waals surface area (Å²) in [5, 5.41) is 23.3. The fourth-order valence-electron chi connectivity index (χ4n) is 1.77. The molecule has 0 saturated carbocycles. The molecule has 118 valence electrons. The summed E-state index contributed by atoms with van der Waals surface area (Å²) >= 11 is 0. The van der Waals surface area contributed by atoms with Crippen LogP contribution in [0.2, 0.25) is 0 Å². The summed E-state index contributed by atoms with van der Waals surface area (Å²) in [5.41, 5.74) is 9.66. The molecule has 1 aliphatic rings. The van der Waals surface area contributed by atoms with E-state index in [2.05, 4.69) is 20.1 Å². The fraction of sp³-hybridized carbons (Fsp3) is 0.625. The van der Waals surface area contributed by atoms with E-state index in [4.69, 9.17) is 10.5 Å². The van der Waals surface area contributed by atoms with Crippen LogP contribution in [0.1, 0.15) is 16.8 Å². The van der Waals surface area contributed by atoms with Crippen molar-refractivity contribution in [3.8, 4) is 0 Å². The summed E-state index contributed by atoms with van der Waals surface area (Å²) in [6.45, 7) is -0.580. The molecule has 1 aromatic rings. The average molecular weight is 322 g/mol. The molecular formula is C8H13N5O7P-. The number of carbonyl (C=O) groups excluding carboxylic acids is 1. The van der Waals surface area contributed by atoms with Gasteiger partial charge in [-0.05, 0) is 0 Å². The largest absolute Gasteiger partial charge is 0.766 e. The Bertz CT molecular complexity index is 573. The monoisotopic (exact) mass is 322 g/mol. The lowest BCUT2D eigenvalue weighted by Gasteiger charge is -2.21. The normalized spacial score (nSPS) is 32.0. The lowest BCUT2D eigenvalue weighted by atomic mass is 10.1. The molecule has 0 bridgehead atoms. The first-order chi connectivity index (χ1) is 9.69. The Morgan fingerprint density at radius 3 is 2.76 bits per heavy atom. The topological polar surface area (TPSA) is 199 Å². The number of hydrogen-bond acceptors (Lipinski definition) is 9. The number of rotatable bonds is 5. The van der Waals surface area contributed by atoms with Crippen molar-refractivity contribution >= 4 is 13.7 Å². The Morgan fingerprint density at radius 2 is 2.24 bits per heavy atom. The van der Waals surface area contributed by atoms with Crippen molar-refractivity contribution in [3.05, 3.63) is 12.2 Å². The third-order valence-corrected chi connectivity index (χ3v) is 3.25. The van der Waals surface area contributed by atoms with E-state index in [0.29, 0.717) is 0 Å². The SMILES string of the molecule is NC(=O)c1ncn([C@@H]2O[C@H](COP(N)(=O)[O-])[C@@H](O)[C@H]2O)n1. The molecule has 1 unspecified atom stereocenters. The Balaban J connectivity index is 2.08. The van der Waals surface area contributed by atoms with E-state index in [0.717, 1.165) is 11.0 Å². The number of ether oxygens (including phenoxy) is 1. The quantitative estimate of drug-likeness (QED) is 0.393. The lowest BCUT2D eigenvalue weighted by molar-refractivity contribution is -0.202. The molecule has 0 spiro atoms. The molecule has 1 fully saturated rings. The predicted octanol–water partition coefficient (Wildman–Crippen LogP) is -3.56. The molecule has 2 rings (SSSR count). The number of nitrogens with two attached hydrogens (primary N) is 2. The van der Waals surface area contributed by atoms with Gasteiger partial charge in [-0.2, -0.15) is 0 Å². The molecule has 6 N–H and O–H groups in total. The van der Waals surface area contributed by atoms with Crippen LogP contribution >= 0.6 is 7.75 Å². The van der Waals surface area contributed by atoms with Crippen LogP contribution < -0.4 is 16.1 Å². The minimum absolute atomic E-state index is 0.300. The van der Waals surface area contributed by atoms with Gasteiger partial charge in [0.05, 0.1) is 6.61 Å². The molecule has 1 saturated heterocycles. The number of carbonyl (C=O) groups is 1. The van der Waals surface area contributed by atoms with Gasteiger partial charge in [-0.15, -0.1) is 5.10 Å². The molecular weight excluding hydrogens is 309 g/mol. The van der Waals surface area contributed by atoms with Crippen molar-refractivity contribution in [2.75, 3.05) is 6.61 Å². The van der Waals surface area contributed by atoms with Crippen molar-refractivity contribution < 1.29 is 33.7 Å². The molecule has 12 nitrogen and oxygen atoms in total. The number of aliphatic hydroxyl groups is 2. The molecule has 1 aliphatic heterocycles. The summed E-state index contributed by atoms with van der Waals surface area (Å²) < 4.78 is 21.2. The highest BCUT2D eigenvalue weighted by atomic mass is 31.2. The minimum Gasteiger partial charge on any atom is -0.766 e. The fourth-order valence-corrected chi connectivity index (χ4v) is 2.13. The molecule has 0 aliphatic carbocycles. The highest BCUT2D eigenvalue weighted by Crippen LogP contribution is 2.32. The van der Waals surface area contributed by atoms with Gasteiger partial charge in [0.2, 0.25) is 13.6 Å². The van der Waals surface area contributed by atoms with E-state index < -0.39 is 44.8 Å². The second kappa shape index (κ2) is 5.77. The number of aromatic nitrogens is 3. The number of amides is 1. The van der Waals surface area contributed by atoms with Crippen LogP contribution in [-0.2, 0) is 13.8 Å². The molecule has 5 atom stereocenters. The highest BCUT2D eigenvalue weighted by molar-refractivity contribution is 7.48. The maximum Gasteiger partial charge on any atom is 0.288 e. The van der Waals surface area contributed by atoms with Gasteiger partial charge in [0.1, 0.15) is 24.6 Å². The Kier molecular flexibility index (Phi) is 4.39. The van der Waals surface area contributed by atoms with Crippen LogP contribution in [0.5, 0.6) is 0 Å². The number of primary amides is 1. The summed E-state index contributed by atoms with van der Waals surface area (Å²) in [5.74, 6) is -1.18. The van der Waals surface area contributed by atoms with Gasteiger partial charge in [0, 0.05) is 0 Å². The van der Waals surface area contributed by atoms with E-state index in [1.807, 2.05) is 0 Å². The Morgan fingerprint density at radius 1 is 1.57 bits per heavy atom. The van der Waals surface area contributed by atoms with Gasteiger partial charge in [0.25, 0.3) is 5.91 Å². The third-order valence-electron chi connectivity index (χ3n) is 2.75. The molecule has 2 heterocycles. The van der Waals surface area contributed by atoms with E-state index >= 15 is 0 Å². The first kappa shape index (κ1) is 16.0. The first-order valence-electron chi connectivity index (χ1n) is 5.66. The summed E-state index contributed by atoms with van der Waals surface area (Å²) in [6.07, 6.45) is -4.14. The van der Waals surface area contributed by atoms with Crippen LogP contribution in [0.25, 0.3) is 0 Å². The molecule has 1 amide bonds. The van der Waals surface area contributed by atoms with Gasteiger partial charge in [-0.3, -0.25) is 14.9 Å². The number of hydrogen-bond donors (Lipinski definition) is 4. The van der Waals surface area contributed by atoms with Crippen molar-refractivity contribution in [1.82, 2.24) is 14.8 Å². The van der Waals surface area contributed by atoms with E-state index in [1.54, 1.807) is 0 Å². The van der Waals surface area contributed by atoms with Crippen LogP contribution in [0.4, 0.5) is 0 Å². The summed E-state index contributed by atoms with van der Waals surface area (Å²) in [4.78, 5) is 25.2. The van der Waals surface area contributed by atoms with Crippen LogP contribution in [0.3, 0.4) is 0 Å². The highest BCUT2D eigenvalue weighted by Gasteiger charge is 2.44. The Hall–Kier alpha value is -1.40. The van der Waals surface area contributed by atoms with Crippen molar-refractivity contribution in [2.24, 2.45) is 11.2 Å². The zero-order chi connectivity index (χ0) is 15.8. The molecule has 1 aromatic heterocycles. The smallest absolute Gasteiger partial charge is 0.288 e. The summed E-state index contributed by atoms with van der Waals surface area (Å²) in [7, 11) is -4.48. The van der Waals surface area contributed by atoms with Gasteiger partial charge < -0.3 is 30.1 Å². The van der Waals surface area contributed by atoms with Gasteiger partial charge in [-0.25, -0.2) is 9.67 Å². The van der Waals surface area contributed by atoms with E-state index in [1.165, 1.54) is 0 Å². The molecule has 21 heavy (non-hydrogen) atoms. The average Bonchev–Trinajstić information content (AvgIpc) is 2.94. The van der Waals surface area contributed by atoms with E-state index in [-0.39, 0.29) is 5.82 Å². The zero-order valence-corrected chi connectivity index (χ0v) is 11.4. The number of nitrogens with zero attached hydrogens (tertiary/aromatic N) is 3. The van der Waals surface area contributed by atoms with Crippen molar-refractivity contribution in [1.29, 1.82) is 0 Å². The lowest BCUT2D eigenvalue weighted by Crippen LogP contribution is -2.34. The van der Waals surface area contributed by atoms with Crippen molar-refractivity contribution in [2.45, 2.75) is 24.5 Å². The Labute approximate surface area is 117 Å². The van der Waals surface area contributed by atoms with E-state index in [9.17, 15) is 24.5 Å². The van der Waals surface area contributed by atoms with Gasteiger partial charge >= 0.3 is 0 Å². The number of aliphatic hydroxyl groups excluding tert-OH is 2. The zero-order valence-electron chi connectivity index (χ0n) is 10.5. The maximum absolute atomic E-state index is 10.9. The third kappa shape index (κ3) is 3.63. The molecule has 0 radical (unpaired) electrons. The second-order valence-electron chi connectivity index (χ2n) is 4.29. The van der Waals surface area contributed by atoms with Gasteiger partial charge in [-0.1, -0.05) is 0 Å². The standard InChI is InChI=1S/C8H14N5O7P/c9-6(16)7-11-2-13(12-7)8-5(15)4(14)3(20-8)1-19-21(10,17)18/h2-5,8,14-15H,1H2,(H2,9,16)(H3,10,17,18)/p-1/t3-,4-,5-,8-/m1/s1. The first-order valence-corrected chi connectivity index (χ1v) is 7.27. The minimum atomic E-state index is -4.48. The van der Waals surface area contributed by atoms with Gasteiger partial charge in [0.15, 0.2) is 6.23 Å².